The molecule has 0 atom stereocenters. The van der Waals surface area contributed by atoms with Gasteiger partial charge in [0.05, 0.1) is 18.0 Å². The molecule has 9 nitrogen and oxygen atoms in total. The maximum atomic E-state index is 12.9. The number of fused-ring (bicyclic) bond motifs is 1. The highest BCUT2D eigenvalue weighted by molar-refractivity contribution is 14.1. The molecule has 28 heavy (non-hydrogen) atoms. The number of halogens is 1. The van der Waals surface area contributed by atoms with E-state index >= 15 is 0 Å². The smallest absolute Gasteiger partial charge is 0.243 e. The Balaban J connectivity index is 1.73. The number of carbonyl (C=O) groups is 1. The van der Waals surface area contributed by atoms with E-state index < -0.39 is 15.6 Å². The number of piperazine rings is 1. The Hall–Kier alpha value is -1.91. The van der Waals surface area contributed by atoms with Crippen LogP contribution in [0.1, 0.15) is 19.8 Å². The standard InChI is InChI=1S/C17H19IN6O3S/c1-12(25)22-4-6-23(7-5-22)14-8-13(10-24-15(18)9-20-16(14)24)28(26,27)21-17(11-19)2-3-17/h8-10,21H,2-7H2,1H3. The lowest BCUT2D eigenvalue weighted by molar-refractivity contribution is -0.129. The summed E-state index contributed by atoms with van der Waals surface area (Å²) in [6.45, 7) is 3.89. The summed E-state index contributed by atoms with van der Waals surface area (Å²) >= 11 is 2.11. The quantitative estimate of drug-likeness (QED) is 0.609. The summed E-state index contributed by atoms with van der Waals surface area (Å²) in [6.07, 6.45) is 4.27. The molecule has 11 heteroatoms. The molecule has 0 radical (unpaired) electrons. The number of nitrogens with one attached hydrogen (secondary N) is 1. The fourth-order valence-electron chi connectivity index (χ4n) is 3.34. The second kappa shape index (κ2) is 6.85. The Morgan fingerprint density at radius 1 is 1.32 bits per heavy atom. The van der Waals surface area contributed by atoms with E-state index in [1.165, 1.54) is 6.20 Å². The minimum absolute atomic E-state index is 0.0342. The van der Waals surface area contributed by atoms with E-state index in [1.807, 2.05) is 4.90 Å². The molecule has 1 saturated heterocycles. The van der Waals surface area contributed by atoms with Crippen LogP contribution in [0, 0.1) is 15.0 Å². The van der Waals surface area contributed by atoms with Crippen LogP contribution in [0.15, 0.2) is 23.4 Å². The average molecular weight is 514 g/mol. The van der Waals surface area contributed by atoms with Crippen LogP contribution < -0.4 is 9.62 Å². The molecule has 0 bridgehead atoms. The molecule has 1 aliphatic carbocycles. The zero-order valence-electron chi connectivity index (χ0n) is 15.2. The summed E-state index contributed by atoms with van der Waals surface area (Å²) in [7, 11) is -3.85. The van der Waals surface area contributed by atoms with Crippen LogP contribution in [0.2, 0.25) is 0 Å². The third-order valence-electron chi connectivity index (χ3n) is 5.19. The van der Waals surface area contributed by atoms with E-state index in [4.69, 9.17) is 0 Å². The minimum atomic E-state index is -3.85. The van der Waals surface area contributed by atoms with Crippen molar-refractivity contribution in [3.8, 4) is 6.07 Å². The molecule has 0 unspecified atom stereocenters. The highest BCUT2D eigenvalue weighted by Gasteiger charge is 2.47. The summed E-state index contributed by atoms with van der Waals surface area (Å²) in [6, 6.07) is 3.67. The Bertz CT molecular complexity index is 1090. The van der Waals surface area contributed by atoms with E-state index in [-0.39, 0.29) is 10.8 Å². The zero-order valence-corrected chi connectivity index (χ0v) is 18.2. The highest BCUT2D eigenvalue weighted by atomic mass is 127. The molecule has 1 saturated carbocycles. The van der Waals surface area contributed by atoms with Gasteiger partial charge in [-0.05, 0) is 41.5 Å². The van der Waals surface area contributed by atoms with Crippen LogP contribution in [-0.4, -0.2) is 60.3 Å². The first-order valence-electron chi connectivity index (χ1n) is 8.87. The molecule has 148 valence electrons. The molecular weight excluding hydrogens is 495 g/mol. The van der Waals surface area contributed by atoms with E-state index in [0.717, 1.165) is 3.70 Å². The van der Waals surface area contributed by atoms with Gasteiger partial charge in [0, 0.05) is 39.3 Å². The van der Waals surface area contributed by atoms with E-state index in [9.17, 15) is 18.5 Å². The van der Waals surface area contributed by atoms with Crippen molar-refractivity contribution in [1.82, 2.24) is 19.0 Å². The number of imidazole rings is 1. The van der Waals surface area contributed by atoms with Gasteiger partial charge in [0.15, 0.2) is 5.65 Å². The molecule has 3 heterocycles. The van der Waals surface area contributed by atoms with Gasteiger partial charge in [-0.15, -0.1) is 0 Å². The largest absolute Gasteiger partial charge is 0.365 e. The number of amides is 1. The van der Waals surface area contributed by atoms with Crippen molar-refractivity contribution in [1.29, 1.82) is 5.26 Å². The van der Waals surface area contributed by atoms with Gasteiger partial charge < -0.3 is 9.80 Å². The number of carbonyl (C=O) groups excluding carboxylic acids is 1. The number of aromatic nitrogens is 2. The van der Waals surface area contributed by atoms with Gasteiger partial charge in [-0.2, -0.15) is 9.98 Å². The number of nitrogens with zero attached hydrogens (tertiary/aromatic N) is 5. The lowest BCUT2D eigenvalue weighted by Crippen LogP contribution is -2.48. The first-order valence-corrected chi connectivity index (χ1v) is 11.4. The minimum Gasteiger partial charge on any atom is -0.365 e. The number of rotatable bonds is 4. The third-order valence-corrected chi connectivity index (χ3v) is 7.49. The second-order valence-electron chi connectivity index (χ2n) is 7.13. The van der Waals surface area contributed by atoms with Crippen molar-refractivity contribution in [2.45, 2.75) is 30.2 Å². The van der Waals surface area contributed by atoms with Gasteiger partial charge >= 0.3 is 0 Å². The fraction of sp³-hybridized carbons (Fsp3) is 0.471. The van der Waals surface area contributed by atoms with Crippen molar-refractivity contribution >= 4 is 49.9 Å². The molecule has 1 N–H and O–H groups in total. The molecule has 0 aromatic carbocycles. The monoisotopic (exact) mass is 514 g/mol. The Morgan fingerprint density at radius 2 is 2.00 bits per heavy atom. The van der Waals surface area contributed by atoms with Crippen molar-refractivity contribution in [2.75, 3.05) is 31.1 Å². The average Bonchev–Trinajstić information content (AvgIpc) is 3.34. The van der Waals surface area contributed by atoms with Crippen LogP contribution >= 0.6 is 22.6 Å². The molecular formula is C17H19IN6O3S. The van der Waals surface area contributed by atoms with Gasteiger partial charge in [-0.1, -0.05) is 0 Å². The fourth-order valence-corrected chi connectivity index (χ4v) is 5.24. The van der Waals surface area contributed by atoms with Gasteiger partial charge in [0.1, 0.15) is 14.1 Å². The van der Waals surface area contributed by atoms with Crippen LogP contribution in [0.3, 0.4) is 0 Å². The number of pyridine rings is 1. The number of anilines is 1. The second-order valence-corrected chi connectivity index (χ2v) is 9.92. The van der Waals surface area contributed by atoms with Gasteiger partial charge in [0.2, 0.25) is 15.9 Å². The summed E-state index contributed by atoms with van der Waals surface area (Å²) in [5.41, 5.74) is 0.389. The Labute approximate surface area is 176 Å². The van der Waals surface area contributed by atoms with Gasteiger partial charge in [-0.3, -0.25) is 9.20 Å². The molecule has 2 fully saturated rings. The molecule has 2 aromatic rings. The Morgan fingerprint density at radius 3 is 2.57 bits per heavy atom. The Kier molecular flexibility index (Phi) is 4.75. The topological polar surface area (TPSA) is 111 Å². The maximum Gasteiger partial charge on any atom is 0.243 e. The predicted octanol–water partition coefficient (Wildman–Crippen LogP) is 0.942. The molecule has 0 spiro atoms. The third kappa shape index (κ3) is 3.44. The van der Waals surface area contributed by atoms with Crippen LogP contribution in [-0.2, 0) is 14.8 Å². The van der Waals surface area contributed by atoms with Crippen LogP contribution in [0.5, 0.6) is 0 Å². The van der Waals surface area contributed by atoms with Crippen LogP contribution in [0.25, 0.3) is 5.65 Å². The number of hydrogen-bond donors (Lipinski definition) is 1. The number of hydrogen-bond acceptors (Lipinski definition) is 6. The summed E-state index contributed by atoms with van der Waals surface area (Å²) in [5.74, 6) is 0.0342. The zero-order chi connectivity index (χ0) is 20.1. The van der Waals surface area contributed by atoms with E-state index in [2.05, 4.69) is 38.4 Å². The normalized spacial score (nSPS) is 18.9. The highest BCUT2D eigenvalue weighted by Crippen LogP contribution is 2.36. The molecule has 1 amide bonds. The molecule has 2 aliphatic rings. The first-order chi connectivity index (χ1) is 13.2. The van der Waals surface area contributed by atoms with Crippen molar-refractivity contribution in [3.63, 3.8) is 0 Å². The molecule has 2 aromatic heterocycles. The predicted molar refractivity (Wildman–Crippen MR) is 110 cm³/mol. The van der Waals surface area contributed by atoms with E-state index in [0.29, 0.717) is 50.4 Å². The SMILES string of the molecule is CC(=O)N1CCN(c2cc(S(=O)(=O)NC3(C#N)CC3)cn3c(I)cnc23)CC1. The van der Waals surface area contributed by atoms with Crippen LogP contribution in [0.4, 0.5) is 5.69 Å². The summed E-state index contributed by atoms with van der Waals surface area (Å²) < 4.78 is 30.9. The summed E-state index contributed by atoms with van der Waals surface area (Å²) in [5, 5.41) is 9.24. The first kappa shape index (κ1) is 19.4. The lowest BCUT2D eigenvalue weighted by atomic mass is 10.2. The lowest BCUT2D eigenvalue weighted by Gasteiger charge is -2.35. The maximum absolute atomic E-state index is 12.9. The summed E-state index contributed by atoms with van der Waals surface area (Å²) in [4.78, 5) is 19.9. The molecule has 4 rings (SSSR count). The van der Waals surface area contributed by atoms with Crippen molar-refractivity contribution in [2.24, 2.45) is 0 Å². The van der Waals surface area contributed by atoms with Gasteiger partial charge in [-0.25, -0.2) is 13.4 Å². The number of sulfonamides is 1. The van der Waals surface area contributed by atoms with E-state index in [1.54, 1.807) is 28.5 Å². The van der Waals surface area contributed by atoms with Crippen molar-refractivity contribution < 1.29 is 13.2 Å². The van der Waals surface area contributed by atoms with Gasteiger partial charge in [0.25, 0.3) is 0 Å². The van der Waals surface area contributed by atoms with Crippen molar-refractivity contribution in [3.05, 3.63) is 22.2 Å². The molecule has 1 aliphatic heterocycles. The number of nitriles is 1.